The van der Waals surface area contributed by atoms with E-state index in [-0.39, 0.29) is 24.3 Å². The monoisotopic (exact) mass is 371 g/mol. The van der Waals surface area contributed by atoms with Crippen LogP contribution in [0.2, 0.25) is 0 Å². The first-order valence-corrected chi connectivity index (χ1v) is 9.49. The van der Waals surface area contributed by atoms with Crippen molar-refractivity contribution in [3.8, 4) is 11.1 Å². The highest BCUT2D eigenvalue weighted by atomic mass is 19.3. The summed E-state index contributed by atoms with van der Waals surface area (Å²) in [5.74, 6) is -2.22. The molecule has 0 N–H and O–H groups in total. The molecule has 0 spiro atoms. The average Bonchev–Trinajstić information content (AvgIpc) is 3.06. The zero-order valence-corrected chi connectivity index (χ0v) is 15.4. The molecule has 1 aliphatic carbocycles. The Labute approximate surface area is 156 Å². The number of pyridine rings is 2. The predicted octanol–water partition coefficient (Wildman–Crippen LogP) is 4.71. The third-order valence-electron chi connectivity index (χ3n) is 5.57. The van der Waals surface area contributed by atoms with Crippen molar-refractivity contribution in [2.45, 2.75) is 51.6 Å². The molecule has 6 heteroatoms. The molecule has 1 aliphatic rings. The number of nitrogens with zero attached hydrogens (tertiary/aromatic N) is 3. The lowest BCUT2D eigenvalue weighted by Gasteiger charge is -2.28. The molecule has 142 valence electrons. The Morgan fingerprint density at radius 2 is 1.93 bits per heavy atom. The van der Waals surface area contributed by atoms with Gasteiger partial charge in [-0.15, -0.1) is 0 Å². The first-order chi connectivity index (χ1) is 12.9. The van der Waals surface area contributed by atoms with Crippen LogP contribution in [0.1, 0.15) is 32.6 Å². The Bertz CT molecular complexity index is 1010. The van der Waals surface area contributed by atoms with Crippen molar-refractivity contribution >= 4 is 11.0 Å². The van der Waals surface area contributed by atoms with Crippen molar-refractivity contribution in [2.75, 3.05) is 0 Å². The molecule has 0 aromatic carbocycles. The van der Waals surface area contributed by atoms with Crippen molar-refractivity contribution in [3.63, 3.8) is 0 Å². The molecule has 3 aromatic rings. The van der Waals surface area contributed by atoms with E-state index in [0.29, 0.717) is 19.4 Å². The zero-order chi connectivity index (χ0) is 19.0. The fourth-order valence-electron chi connectivity index (χ4n) is 3.89. The van der Waals surface area contributed by atoms with Crippen LogP contribution in [0.3, 0.4) is 0 Å². The lowest BCUT2D eigenvalue weighted by molar-refractivity contribution is -0.0472. The van der Waals surface area contributed by atoms with E-state index in [1.807, 2.05) is 37.6 Å². The number of fused-ring (bicyclic) bond motifs is 1. The van der Waals surface area contributed by atoms with Gasteiger partial charge in [-0.05, 0) is 49.4 Å². The highest BCUT2D eigenvalue weighted by molar-refractivity contribution is 5.81. The molecule has 1 fully saturated rings. The number of aryl methyl sites for hydroxylation is 1. The molecule has 0 unspecified atom stereocenters. The number of aromatic nitrogens is 3. The van der Waals surface area contributed by atoms with Gasteiger partial charge in [-0.2, -0.15) is 0 Å². The van der Waals surface area contributed by atoms with E-state index in [1.54, 1.807) is 10.6 Å². The zero-order valence-electron chi connectivity index (χ0n) is 15.4. The van der Waals surface area contributed by atoms with E-state index in [0.717, 1.165) is 28.7 Å². The second-order valence-electron chi connectivity index (χ2n) is 7.44. The molecule has 0 bridgehead atoms. The van der Waals surface area contributed by atoms with Crippen LogP contribution in [-0.4, -0.2) is 20.0 Å². The van der Waals surface area contributed by atoms with Crippen LogP contribution in [0.4, 0.5) is 8.78 Å². The van der Waals surface area contributed by atoms with Gasteiger partial charge in [-0.3, -0.25) is 9.78 Å². The van der Waals surface area contributed by atoms with Crippen LogP contribution in [-0.2, 0) is 13.1 Å². The first-order valence-electron chi connectivity index (χ1n) is 9.49. The summed E-state index contributed by atoms with van der Waals surface area (Å²) in [4.78, 5) is 16.4. The fraction of sp³-hybridized carbons (Fsp3) is 0.429. The van der Waals surface area contributed by atoms with E-state index < -0.39 is 5.92 Å². The maximum Gasteiger partial charge on any atom is 0.250 e. The Hall–Kier alpha value is -2.50. The summed E-state index contributed by atoms with van der Waals surface area (Å²) < 4.78 is 30.6. The highest BCUT2D eigenvalue weighted by Crippen LogP contribution is 2.37. The lowest BCUT2D eigenvalue weighted by atomic mass is 9.87. The largest absolute Gasteiger partial charge is 0.346 e. The molecule has 0 radical (unpaired) electrons. The molecule has 0 aliphatic heterocycles. The summed E-state index contributed by atoms with van der Waals surface area (Å²) in [5.41, 5.74) is 3.76. The molecule has 4 rings (SSSR count). The summed E-state index contributed by atoms with van der Waals surface area (Å²) in [6.07, 6.45) is 6.73. The quantitative estimate of drug-likeness (QED) is 0.666. The van der Waals surface area contributed by atoms with Crippen molar-refractivity contribution < 1.29 is 8.78 Å². The van der Waals surface area contributed by atoms with Gasteiger partial charge in [0, 0.05) is 56.2 Å². The second kappa shape index (κ2) is 6.91. The van der Waals surface area contributed by atoms with Gasteiger partial charge in [-0.25, -0.2) is 8.78 Å². The maximum atomic E-state index is 13.4. The van der Waals surface area contributed by atoms with Gasteiger partial charge in [0.15, 0.2) is 0 Å². The molecule has 4 nitrogen and oxygen atoms in total. The molecule has 27 heavy (non-hydrogen) atoms. The van der Waals surface area contributed by atoms with Gasteiger partial charge >= 0.3 is 0 Å². The maximum absolute atomic E-state index is 13.4. The normalized spacial score (nSPS) is 17.4. The molecule has 0 atom stereocenters. The number of halogens is 2. The van der Waals surface area contributed by atoms with Crippen LogP contribution >= 0.6 is 0 Å². The van der Waals surface area contributed by atoms with Crippen LogP contribution in [0.5, 0.6) is 0 Å². The Kier molecular flexibility index (Phi) is 4.58. The van der Waals surface area contributed by atoms with E-state index in [2.05, 4.69) is 15.6 Å². The standard InChI is InChI=1S/C21H23F2N3O/c1-2-25-14-16(3-4-20(25)27)17-11-19-18(24-12-17)7-10-26(19)13-15-5-8-21(22,23)9-6-15/h3-4,7,10-12,14-15H,2,5-6,8-9,13H2,1H3. The minimum absolute atomic E-state index is 0.0150. The Morgan fingerprint density at radius 3 is 2.67 bits per heavy atom. The van der Waals surface area contributed by atoms with Crippen LogP contribution in [0.15, 0.2) is 47.7 Å². The van der Waals surface area contributed by atoms with Gasteiger partial charge in [0.2, 0.25) is 5.92 Å². The SMILES string of the molecule is CCn1cc(-c2cnc3ccn(CC4CCC(F)(F)CC4)c3c2)ccc1=O. The molecule has 0 saturated heterocycles. The van der Waals surface area contributed by atoms with Gasteiger partial charge in [0.05, 0.1) is 11.0 Å². The highest BCUT2D eigenvalue weighted by Gasteiger charge is 2.34. The van der Waals surface area contributed by atoms with Crippen LogP contribution in [0.25, 0.3) is 22.2 Å². The topological polar surface area (TPSA) is 39.8 Å². The number of alkyl halides is 2. The summed E-state index contributed by atoms with van der Waals surface area (Å²) in [6.45, 7) is 3.29. The summed E-state index contributed by atoms with van der Waals surface area (Å²) in [7, 11) is 0. The summed E-state index contributed by atoms with van der Waals surface area (Å²) in [6, 6.07) is 7.42. The van der Waals surface area contributed by atoms with Crippen molar-refractivity contribution in [1.29, 1.82) is 0 Å². The summed E-state index contributed by atoms with van der Waals surface area (Å²) >= 11 is 0. The smallest absolute Gasteiger partial charge is 0.250 e. The Morgan fingerprint density at radius 1 is 1.15 bits per heavy atom. The van der Waals surface area contributed by atoms with Crippen molar-refractivity contribution in [3.05, 3.63) is 53.2 Å². The summed E-state index contributed by atoms with van der Waals surface area (Å²) in [5, 5.41) is 0. The van der Waals surface area contributed by atoms with E-state index in [4.69, 9.17) is 0 Å². The molecule has 3 heterocycles. The molecular formula is C21H23F2N3O. The second-order valence-corrected chi connectivity index (χ2v) is 7.44. The lowest BCUT2D eigenvalue weighted by Crippen LogP contribution is -2.26. The Balaban J connectivity index is 1.63. The number of hydrogen-bond acceptors (Lipinski definition) is 2. The van der Waals surface area contributed by atoms with Crippen molar-refractivity contribution in [2.24, 2.45) is 5.92 Å². The van der Waals surface area contributed by atoms with E-state index in [9.17, 15) is 13.6 Å². The van der Waals surface area contributed by atoms with Crippen LogP contribution in [0, 0.1) is 5.92 Å². The van der Waals surface area contributed by atoms with E-state index in [1.165, 1.54) is 0 Å². The average molecular weight is 371 g/mol. The van der Waals surface area contributed by atoms with Crippen LogP contribution < -0.4 is 5.56 Å². The third kappa shape index (κ3) is 3.66. The fourth-order valence-corrected chi connectivity index (χ4v) is 3.89. The van der Waals surface area contributed by atoms with Gasteiger partial charge in [-0.1, -0.05) is 0 Å². The molecule has 1 saturated carbocycles. The molecular weight excluding hydrogens is 348 g/mol. The molecule has 3 aromatic heterocycles. The molecule has 0 amide bonds. The van der Waals surface area contributed by atoms with Crippen molar-refractivity contribution in [1.82, 2.24) is 14.1 Å². The van der Waals surface area contributed by atoms with Gasteiger partial charge in [0.1, 0.15) is 0 Å². The van der Waals surface area contributed by atoms with E-state index >= 15 is 0 Å². The minimum Gasteiger partial charge on any atom is -0.346 e. The van der Waals surface area contributed by atoms with Gasteiger partial charge in [0.25, 0.3) is 5.56 Å². The third-order valence-corrected chi connectivity index (χ3v) is 5.57. The minimum atomic E-state index is -2.49. The predicted molar refractivity (Wildman–Crippen MR) is 102 cm³/mol. The number of hydrogen-bond donors (Lipinski definition) is 0. The van der Waals surface area contributed by atoms with Gasteiger partial charge < -0.3 is 9.13 Å². The number of rotatable bonds is 4. The first kappa shape index (κ1) is 17.9.